The molecule has 0 saturated carbocycles. The van der Waals surface area contributed by atoms with Gasteiger partial charge in [0.2, 0.25) is 0 Å². The maximum atomic E-state index is 12.8. The second-order valence-corrected chi connectivity index (χ2v) is 9.25. The van der Waals surface area contributed by atoms with Crippen molar-refractivity contribution in [2.24, 2.45) is 5.41 Å². The first kappa shape index (κ1) is 22.1. The second-order valence-electron chi connectivity index (χ2n) is 8.76. The number of aromatic amines is 1. The lowest BCUT2D eigenvalue weighted by atomic mass is 9.88. The van der Waals surface area contributed by atoms with E-state index in [1.165, 1.54) is 7.11 Å². The first-order chi connectivity index (χ1) is 12.8. The first-order valence-electron chi connectivity index (χ1n) is 9.37. The molecule has 0 atom stereocenters. The lowest BCUT2D eigenvalue weighted by Crippen LogP contribution is -2.24. The van der Waals surface area contributed by atoms with Gasteiger partial charge < -0.3 is 19.8 Å². The van der Waals surface area contributed by atoms with Crippen LogP contribution >= 0.6 is 12.2 Å². The number of carbonyl (C=O) groups excluding carboxylic acids is 2. The summed E-state index contributed by atoms with van der Waals surface area (Å²) in [6, 6.07) is 0. The number of nitrogens with one attached hydrogen (secondary N) is 2. The van der Waals surface area contributed by atoms with Gasteiger partial charge in [0, 0.05) is 29.6 Å². The number of rotatable bonds is 5. The molecule has 1 aliphatic rings. The van der Waals surface area contributed by atoms with E-state index in [1.54, 1.807) is 0 Å². The number of hydrogen-bond acceptors (Lipinski definition) is 5. The number of methoxy groups -OCH3 is 1. The zero-order valence-corrected chi connectivity index (χ0v) is 18.6. The molecule has 1 aromatic heterocycles. The van der Waals surface area contributed by atoms with Crippen molar-refractivity contribution in [3.8, 4) is 0 Å². The van der Waals surface area contributed by atoms with Gasteiger partial charge in [-0.25, -0.2) is 4.79 Å². The van der Waals surface area contributed by atoms with Crippen LogP contribution in [0.25, 0.3) is 6.08 Å². The van der Waals surface area contributed by atoms with Crippen LogP contribution in [0, 0.1) is 12.3 Å². The number of ether oxygens (including phenoxy) is 2. The first-order valence-corrected chi connectivity index (χ1v) is 9.78. The average molecular weight is 407 g/mol. The van der Waals surface area contributed by atoms with Crippen LogP contribution in [0.3, 0.4) is 0 Å². The molecule has 1 saturated heterocycles. The molecule has 154 valence electrons. The van der Waals surface area contributed by atoms with Crippen molar-refractivity contribution in [3.63, 3.8) is 0 Å². The van der Waals surface area contributed by atoms with Crippen LogP contribution in [0.2, 0.25) is 0 Å². The summed E-state index contributed by atoms with van der Waals surface area (Å²) in [5, 5.41) is 3.26. The van der Waals surface area contributed by atoms with Gasteiger partial charge in [-0.2, -0.15) is 0 Å². The number of thiocarbonyl (C=S) groups is 1. The minimum absolute atomic E-state index is 0.104. The van der Waals surface area contributed by atoms with Crippen molar-refractivity contribution < 1.29 is 19.1 Å². The Morgan fingerprint density at radius 2 is 1.93 bits per heavy atom. The van der Waals surface area contributed by atoms with E-state index in [9.17, 15) is 9.59 Å². The highest BCUT2D eigenvalue weighted by Crippen LogP contribution is 2.36. The van der Waals surface area contributed by atoms with E-state index >= 15 is 0 Å². The third-order valence-corrected chi connectivity index (χ3v) is 4.97. The van der Waals surface area contributed by atoms with Gasteiger partial charge in [-0.15, -0.1) is 0 Å². The summed E-state index contributed by atoms with van der Waals surface area (Å²) in [7, 11) is 1.35. The van der Waals surface area contributed by atoms with Crippen LogP contribution in [0.4, 0.5) is 0 Å². The SMILES string of the molecule is COC(=O)CCc1c(C(=O)OC(C)(C)C)[nH]c(/C=C2\NC(=S)CC2(C)C)c1C. The van der Waals surface area contributed by atoms with Crippen molar-refractivity contribution >= 4 is 35.2 Å². The summed E-state index contributed by atoms with van der Waals surface area (Å²) >= 11 is 5.32. The molecule has 1 aromatic rings. The molecule has 2 heterocycles. The summed E-state index contributed by atoms with van der Waals surface area (Å²) in [6.45, 7) is 11.6. The Labute approximate surface area is 172 Å². The van der Waals surface area contributed by atoms with E-state index in [1.807, 2.05) is 33.8 Å². The molecule has 0 radical (unpaired) electrons. The molecule has 28 heavy (non-hydrogen) atoms. The van der Waals surface area contributed by atoms with Gasteiger partial charge in [0.1, 0.15) is 11.3 Å². The number of hydrogen-bond donors (Lipinski definition) is 2. The van der Waals surface area contributed by atoms with Crippen molar-refractivity contribution in [2.75, 3.05) is 7.11 Å². The van der Waals surface area contributed by atoms with Gasteiger partial charge in [0.05, 0.1) is 12.1 Å². The smallest absolute Gasteiger partial charge is 0.355 e. The normalized spacial score (nSPS) is 17.5. The fourth-order valence-electron chi connectivity index (χ4n) is 3.18. The summed E-state index contributed by atoms with van der Waals surface area (Å²) in [5.41, 5.74) is 3.14. The molecule has 1 fully saturated rings. The molecule has 6 nitrogen and oxygen atoms in total. The molecular formula is C21H30N2O4S. The molecule has 0 amide bonds. The standard InChI is InChI=1S/C21H30N2O4S/c1-12-13(8-9-17(24)26-7)18(19(25)27-20(2,3)4)22-14(12)10-15-21(5,6)11-16(28)23-15/h10,22H,8-9,11H2,1-7H3,(H,23,28)/b15-10-. The third kappa shape index (κ3) is 5.22. The topological polar surface area (TPSA) is 80.4 Å². The van der Waals surface area contributed by atoms with Crippen LogP contribution in [0.1, 0.15) is 74.8 Å². The van der Waals surface area contributed by atoms with E-state index in [4.69, 9.17) is 21.7 Å². The molecule has 0 unspecified atom stereocenters. The highest BCUT2D eigenvalue weighted by Gasteiger charge is 2.33. The van der Waals surface area contributed by atoms with Crippen molar-refractivity contribution in [1.82, 2.24) is 10.3 Å². The maximum Gasteiger partial charge on any atom is 0.355 e. The van der Waals surface area contributed by atoms with E-state index in [0.29, 0.717) is 12.1 Å². The highest BCUT2D eigenvalue weighted by atomic mass is 32.1. The predicted molar refractivity (Wildman–Crippen MR) is 113 cm³/mol. The Morgan fingerprint density at radius 3 is 2.43 bits per heavy atom. The van der Waals surface area contributed by atoms with Crippen molar-refractivity contribution in [2.45, 2.75) is 66.4 Å². The van der Waals surface area contributed by atoms with Crippen molar-refractivity contribution in [1.29, 1.82) is 0 Å². The fraction of sp³-hybridized carbons (Fsp3) is 0.571. The summed E-state index contributed by atoms with van der Waals surface area (Å²) in [6.07, 6.45) is 3.35. The quantitative estimate of drug-likeness (QED) is 0.567. The molecule has 2 N–H and O–H groups in total. The number of aromatic nitrogens is 1. The van der Waals surface area contributed by atoms with E-state index in [2.05, 4.69) is 24.1 Å². The second kappa shape index (κ2) is 8.07. The van der Waals surface area contributed by atoms with Crippen LogP contribution in [-0.2, 0) is 20.7 Å². The minimum Gasteiger partial charge on any atom is -0.469 e. The van der Waals surface area contributed by atoms with Gasteiger partial charge in [-0.05, 0) is 51.3 Å². The summed E-state index contributed by atoms with van der Waals surface area (Å²) in [4.78, 5) is 28.4. The maximum absolute atomic E-state index is 12.8. The van der Waals surface area contributed by atoms with Crippen LogP contribution < -0.4 is 5.32 Å². The summed E-state index contributed by atoms with van der Waals surface area (Å²) < 4.78 is 10.3. The zero-order valence-electron chi connectivity index (χ0n) is 17.7. The van der Waals surface area contributed by atoms with Crippen LogP contribution in [0.5, 0.6) is 0 Å². The molecular weight excluding hydrogens is 376 g/mol. The Kier molecular flexibility index (Phi) is 6.38. The highest BCUT2D eigenvalue weighted by molar-refractivity contribution is 7.80. The van der Waals surface area contributed by atoms with Gasteiger partial charge in [-0.3, -0.25) is 4.79 Å². The van der Waals surface area contributed by atoms with Crippen LogP contribution in [0.15, 0.2) is 5.70 Å². The Hall–Kier alpha value is -2.15. The molecule has 0 bridgehead atoms. The largest absolute Gasteiger partial charge is 0.469 e. The molecule has 2 rings (SSSR count). The fourth-order valence-corrected chi connectivity index (χ4v) is 3.65. The lowest BCUT2D eigenvalue weighted by Gasteiger charge is -2.19. The Bertz CT molecular complexity index is 828. The minimum atomic E-state index is -0.616. The van der Waals surface area contributed by atoms with E-state index < -0.39 is 11.6 Å². The number of H-pyrrole nitrogens is 1. The van der Waals surface area contributed by atoms with Gasteiger partial charge in [0.15, 0.2) is 0 Å². The van der Waals surface area contributed by atoms with Crippen molar-refractivity contribution in [3.05, 3.63) is 28.2 Å². The van der Waals surface area contributed by atoms with Gasteiger partial charge in [-0.1, -0.05) is 26.1 Å². The molecule has 7 heteroatoms. The Morgan fingerprint density at radius 1 is 1.29 bits per heavy atom. The summed E-state index contributed by atoms with van der Waals surface area (Å²) in [5.74, 6) is -0.756. The number of allylic oxidation sites excluding steroid dienone is 1. The predicted octanol–water partition coefficient (Wildman–Crippen LogP) is 4.07. The third-order valence-electron chi connectivity index (χ3n) is 4.72. The number of esters is 2. The molecule has 0 aromatic carbocycles. The van der Waals surface area contributed by atoms with Crippen LogP contribution in [-0.4, -0.2) is 34.6 Å². The zero-order chi connectivity index (χ0) is 21.3. The number of carbonyl (C=O) groups is 2. The molecule has 0 aliphatic carbocycles. The average Bonchev–Trinajstić information content (AvgIpc) is 2.99. The Balaban J connectivity index is 2.46. The molecule has 0 spiro atoms. The monoisotopic (exact) mass is 406 g/mol. The van der Waals surface area contributed by atoms with Gasteiger partial charge >= 0.3 is 11.9 Å². The molecule has 1 aliphatic heterocycles. The lowest BCUT2D eigenvalue weighted by molar-refractivity contribution is -0.140. The van der Waals surface area contributed by atoms with E-state index in [0.717, 1.165) is 33.9 Å². The van der Waals surface area contributed by atoms with Gasteiger partial charge in [0.25, 0.3) is 0 Å². The van der Waals surface area contributed by atoms with E-state index in [-0.39, 0.29) is 17.8 Å².